The van der Waals surface area contributed by atoms with Crippen molar-refractivity contribution in [3.63, 3.8) is 0 Å². The van der Waals surface area contributed by atoms with Crippen molar-refractivity contribution in [2.75, 3.05) is 18.4 Å². The number of carbonyl (C=O) groups is 1. The number of anilines is 1. The summed E-state index contributed by atoms with van der Waals surface area (Å²) in [6.45, 7) is 3.35. The lowest BCUT2D eigenvalue weighted by atomic mass is 9.95. The molecule has 28 heavy (non-hydrogen) atoms. The summed E-state index contributed by atoms with van der Waals surface area (Å²) in [6, 6.07) is 7.22. The fraction of sp³-hybridized carbons (Fsp3) is 0.333. The molecule has 1 aliphatic heterocycles. The summed E-state index contributed by atoms with van der Waals surface area (Å²) in [7, 11) is -3.90. The van der Waals surface area contributed by atoms with Crippen molar-refractivity contribution in [3.8, 4) is 0 Å². The molecule has 2 aromatic rings. The maximum Gasteiger partial charge on any atom is 0.349 e. The normalized spacial score (nSPS) is 16.9. The number of nitrogens with one attached hydrogen (secondary N) is 2. The van der Waals surface area contributed by atoms with Gasteiger partial charge in [-0.15, -0.1) is 12.4 Å². The van der Waals surface area contributed by atoms with Crippen LogP contribution in [0.4, 0.5) is 5.69 Å². The Hall–Kier alpha value is -2.20. The van der Waals surface area contributed by atoms with Crippen LogP contribution in [0.25, 0.3) is 0 Å². The van der Waals surface area contributed by atoms with E-state index in [2.05, 4.69) is 10.6 Å². The van der Waals surface area contributed by atoms with E-state index in [-0.39, 0.29) is 34.5 Å². The standard InChI is InChI=1S/C18H21N3O5S.ClH/c1-11-8-15(12-4-3-7-20-10-12)26-18(23)16(11)17(22)21-13-5-2-6-14(9-13)27(19,24)25;/h2,5-6,8-9,12,20H,3-4,7,10H2,1H3,(H,21,22)(H2,19,24,25);1H. The SMILES string of the molecule is Cc1cc(C2CCCNC2)oc(=O)c1C(=O)Nc1cccc(S(N)(=O)=O)c1.Cl. The zero-order valence-corrected chi connectivity index (χ0v) is 16.9. The third-order valence-corrected chi connectivity index (χ3v) is 5.43. The van der Waals surface area contributed by atoms with Crippen molar-refractivity contribution in [2.24, 2.45) is 5.14 Å². The van der Waals surface area contributed by atoms with Gasteiger partial charge in [0, 0.05) is 18.2 Å². The summed E-state index contributed by atoms with van der Waals surface area (Å²) in [6.07, 6.45) is 1.91. The van der Waals surface area contributed by atoms with E-state index >= 15 is 0 Å². The number of nitrogens with two attached hydrogens (primary N) is 1. The monoisotopic (exact) mass is 427 g/mol. The smallest absolute Gasteiger partial charge is 0.349 e. The minimum atomic E-state index is -3.90. The molecule has 1 fully saturated rings. The van der Waals surface area contributed by atoms with Gasteiger partial charge in [0.25, 0.3) is 5.91 Å². The molecule has 1 unspecified atom stereocenters. The molecule has 1 aromatic heterocycles. The predicted octanol–water partition coefficient (Wildman–Crippen LogP) is 1.74. The van der Waals surface area contributed by atoms with Gasteiger partial charge in [-0.3, -0.25) is 4.79 Å². The Morgan fingerprint density at radius 3 is 2.68 bits per heavy atom. The second kappa shape index (κ2) is 8.87. The molecular weight excluding hydrogens is 406 g/mol. The van der Waals surface area contributed by atoms with E-state index in [1.165, 1.54) is 24.3 Å². The molecule has 0 aliphatic carbocycles. The van der Waals surface area contributed by atoms with E-state index in [1.54, 1.807) is 13.0 Å². The largest absolute Gasteiger partial charge is 0.427 e. The average Bonchev–Trinajstić information content (AvgIpc) is 2.61. The van der Waals surface area contributed by atoms with Crippen LogP contribution >= 0.6 is 12.4 Å². The van der Waals surface area contributed by atoms with E-state index in [4.69, 9.17) is 9.56 Å². The summed E-state index contributed by atoms with van der Waals surface area (Å²) < 4.78 is 28.3. The molecule has 0 bridgehead atoms. The van der Waals surface area contributed by atoms with Gasteiger partial charge in [0.1, 0.15) is 11.3 Å². The van der Waals surface area contributed by atoms with Crippen LogP contribution in [0.5, 0.6) is 0 Å². The Kier molecular flexibility index (Phi) is 7.00. The summed E-state index contributed by atoms with van der Waals surface area (Å²) in [5, 5.41) is 10.9. The number of aryl methyl sites for hydroxylation is 1. The van der Waals surface area contributed by atoms with Crippen molar-refractivity contribution in [1.82, 2.24) is 5.32 Å². The molecule has 0 radical (unpaired) electrons. The molecule has 0 spiro atoms. The number of halogens is 1. The number of carbonyl (C=O) groups excluding carboxylic acids is 1. The zero-order chi connectivity index (χ0) is 19.6. The van der Waals surface area contributed by atoms with Crippen LogP contribution in [0.3, 0.4) is 0 Å². The highest BCUT2D eigenvalue weighted by Gasteiger charge is 2.22. The molecule has 10 heteroatoms. The Morgan fingerprint density at radius 1 is 1.32 bits per heavy atom. The lowest BCUT2D eigenvalue weighted by Gasteiger charge is -2.22. The van der Waals surface area contributed by atoms with Gasteiger partial charge in [-0.25, -0.2) is 18.4 Å². The highest BCUT2D eigenvalue weighted by molar-refractivity contribution is 7.89. The molecule has 3 rings (SSSR count). The number of piperidine rings is 1. The van der Waals surface area contributed by atoms with Crippen molar-refractivity contribution in [3.05, 3.63) is 57.6 Å². The van der Waals surface area contributed by atoms with Gasteiger partial charge in [0.15, 0.2) is 0 Å². The summed E-state index contributed by atoms with van der Waals surface area (Å²) >= 11 is 0. The Labute approximate surface area is 169 Å². The topological polar surface area (TPSA) is 132 Å². The first-order valence-corrected chi connectivity index (χ1v) is 10.1. The van der Waals surface area contributed by atoms with Crippen molar-refractivity contribution < 1.29 is 17.6 Å². The second-order valence-electron chi connectivity index (χ2n) is 6.56. The fourth-order valence-electron chi connectivity index (χ4n) is 3.15. The maximum atomic E-state index is 12.5. The van der Waals surface area contributed by atoms with Gasteiger partial charge >= 0.3 is 5.63 Å². The van der Waals surface area contributed by atoms with Gasteiger partial charge in [0.2, 0.25) is 10.0 Å². The van der Waals surface area contributed by atoms with Crippen LogP contribution in [0.2, 0.25) is 0 Å². The van der Waals surface area contributed by atoms with Crippen LogP contribution in [0, 0.1) is 6.92 Å². The highest BCUT2D eigenvalue weighted by Crippen LogP contribution is 2.24. The van der Waals surface area contributed by atoms with Crippen LogP contribution in [-0.2, 0) is 10.0 Å². The van der Waals surface area contributed by atoms with Crippen LogP contribution in [-0.4, -0.2) is 27.4 Å². The van der Waals surface area contributed by atoms with Gasteiger partial charge in [-0.05, 0) is 56.1 Å². The molecule has 1 amide bonds. The van der Waals surface area contributed by atoms with E-state index in [0.717, 1.165) is 25.9 Å². The first-order valence-electron chi connectivity index (χ1n) is 8.55. The number of hydrogen-bond acceptors (Lipinski definition) is 6. The quantitative estimate of drug-likeness (QED) is 0.680. The summed E-state index contributed by atoms with van der Waals surface area (Å²) in [4.78, 5) is 24.8. The molecule has 2 heterocycles. The first kappa shape index (κ1) is 22.1. The summed E-state index contributed by atoms with van der Waals surface area (Å²) in [5.74, 6) is 0.00677. The van der Waals surface area contributed by atoms with Crippen LogP contribution in [0.15, 0.2) is 44.4 Å². The lowest BCUT2D eigenvalue weighted by molar-refractivity contribution is 0.102. The number of amides is 1. The third-order valence-electron chi connectivity index (χ3n) is 4.51. The maximum absolute atomic E-state index is 12.5. The molecule has 0 saturated carbocycles. The summed E-state index contributed by atoms with van der Waals surface area (Å²) in [5.41, 5.74) is -0.1000. The molecular formula is C18H22ClN3O5S. The number of primary sulfonamides is 1. The van der Waals surface area contributed by atoms with Crippen molar-refractivity contribution in [1.29, 1.82) is 0 Å². The van der Waals surface area contributed by atoms with Gasteiger partial charge < -0.3 is 15.1 Å². The zero-order valence-electron chi connectivity index (χ0n) is 15.2. The number of sulfonamides is 1. The van der Waals surface area contributed by atoms with E-state index in [0.29, 0.717) is 11.3 Å². The van der Waals surface area contributed by atoms with E-state index < -0.39 is 21.6 Å². The van der Waals surface area contributed by atoms with Crippen molar-refractivity contribution >= 4 is 34.0 Å². The Morgan fingerprint density at radius 2 is 2.07 bits per heavy atom. The molecule has 1 aromatic carbocycles. The van der Waals surface area contributed by atoms with E-state index in [9.17, 15) is 18.0 Å². The predicted molar refractivity (Wildman–Crippen MR) is 108 cm³/mol. The van der Waals surface area contributed by atoms with Gasteiger partial charge in [-0.2, -0.15) is 0 Å². The van der Waals surface area contributed by atoms with E-state index in [1.807, 2.05) is 0 Å². The van der Waals surface area contributed by atoms with Crippen molar-refractivity contribution in [2.45, 2.75) is 30.6 Å². The number of benzene rings is 1. The highest BCUT2D eigenvalue weighted by atomic mass is 35.5. The van der Waals surface area contributed by atoms with Gasteiger partial charge in [0.05, 0.1) is 4.90 Å². The number of rotatable bonds is 4. The molecule has 1 saturated heterocycles. The number of hydrogen-bond donors (Lipinski definition) is 3. The average molecular weight is 428 g/mol. The first-order chi connectivity index (χ1) is 12.8. The fourth-order valence-corrected chi connectivity index (χ4v) is 3.71. The minimum Gasteiger partial charge on any atom is -0.427 e. The third kappa shape index (κ3) is 4.99. The van der Waals surface area contributed by atoms with Crippen LogP contribution in [0.1, 0.15) is 40.4 Å². The molecule has 4 N–H and O–H groups in total. The molecule has 8 nitrogen and oxygen atoms in total. The minimum absolute atomic E-state index is 0. The second-order valence-corrected chi connectivity index (χ2v) is 8.13. The molecule has 1 aliphatic rings. The van der Waals surface area contributed by atoms with Gasteiger partial charge in [-0.1, -0.05) is 6.07 Å². The molecule has 152 valence electrons. The molecule has 1 atom stereocenters. The Bertz CT molecular complexity index is 1030. The lowest BCUT2D eigenvalue weighted by Crippen LogP contribution is -2.30. The Balaban J connectivity index is 0.00000280. The van der Waals surface area contributed by atoms with Crippen LogP contribution < -0.4 is 21.4 Å².